The Kier molecular flexibility index (Phi) is 7.03. The van der Waals surface area contributed by atoms with Crippen molar-refractivity contribution < 1.29 is 0 Å². The van der Waals surface area contributed by atoms with Crippen molar-refractivity contribution in [1.82, 2.24) is 4.90 Å². The fourth-order valence-electron chi connectivity index (χ4n) is 3.62. The van der Waals surface area contributed by atoms with Gasteiger partial charge in [0.25, 0.3) is 0 Å². The molecule has 116 valence electrons. The number of rotatable bonds is 7. The van der Waals surface area contributed by atoms with Gasteiger partial charge < -0.3 is 0 Å². The largest absolute Gasteiger partial charge is 0.299 e. The van der Waals surface area contributed by atoms with Crippen LogP contribution < -0.4 is 0 Å². The Hall–Kier alpha value is -0.550. The lowest BCUT2D eigenvalue weighted by Crippen LogP contribution is -2.46. The smallest absolute Gasteiger partial charge is 0.0672 e. The molecule has 0 bridgehead atoms. The average molecular weight is 278 g/mol. The minimum absolute atomic E-state index is 0.246. The molecule has 3 unspecified atom stereocenters. The fourth-order valence-corrected chi connectivity index (χ4v) is 3.62. The summed E-state index contributed by atoms with van der Waals surface area (Å²) < 4.78 is 0. The highest BCUT2D eigenvalue weighted by Gasteiger charge is 2.39. The summed E-state index contributed by atoms with van der Waals surface area (Å²) >= 11 is 0. The van der Waals surface area contributed by atoms with Crippen LogP contribution in [0.5, 0.6) is 0 Å². The van der Waals surface area contributed by atoms with E-state index < -0.39 is 0 Å². The van der Waals surface area contributed by atoms with E-state index in [2.05, 4.69) is 45.6 Å². The van der Waals surface area contributed by atoms with Crippen LogP contribution in [-0.2, 0) is 0 Å². The van der Waals surface area contributed by atoms with Gasteiger partial charge >= 0.3 is 0 Å². The van der Waals surface area contributed by atoms with E-state index in [0.717, 1.165) is 25.4 Å². The molecule has 1 fully saturated rings. The second kappa shape index (κ2) is 8.03. The van der Waals surface area contributed by atoms with Crippen LogP contribution in [0.15, 0.2) is 0 Å². The van der Waals surface area contributed by atoms with Gasteiger partial charge in [-0.15, -0.1) is 0 Å². The standard InChI is InChI=1S/C18H34N2/c1-6-9-12-20(8-3)17-13-16(18(4,5)7-2)11-10-15(17)14-19/h15-17H,6-13H2,1-5H3. The highest BCUT2D eigenvalue weighted by Crippen LogP contribution is 2.43. The molecule has 0 N–H and O–H groups in total. The summed E-state index contributed by atoms with van der Waals surface area (Å²) in [6, 6.07) is 3.08. The molecule has 1 aliphatic rings. The Bertz CT molecular complexity index is 316. The monoisotopic (exact) mass is 278 g/mol. The van der Waals surface area contributed by atoms with Crippen molar-refractivity contribution in [2.24, 2.45) is 17.3 Å². The molecule has 20 heavy (non-hydrogen) atoms. The molecule has 3 atom stereocenters. The summed E-state index contributed by atoms with van der Waals surface area (Å²) in [4.78, 5) is 2.58. The molecule has 0 spiro atoms. The number of unbranched alkanes of at least 4 members (excludes halogenated alkanes) is 1. The third kappa shape index (κ3) is 4.22. The van der Waals surface area contributed by atoms with E-state index in [9.17, 15) is 5.26 Å². The molecular formula is C18H34N2. The second-order valence-corrected chi connectivity index (χ2v) is 7.14. The topological polar surface area (TPSA) is 27.0 Å². The lowest BCUT2D eigenvalue weighted by Gasteiger charge is -2.45. The molecule has 1 aliphatic carbocycles. The van der Waals surface area contributed by atoms with Crippen LogP contribution in [0.1, 0.15) is 73.1 Å². The molecule has 1 rings (SSSR count). The van der Waals surface area contributed by atoms with Crippen LogP contribution in [0.3, 0.4) is 0 Å². The van der Waals surface area contributed by atoms with Crippen LogP contribution in [0, 0.1) is 28.6 Å². The summed E-state index contributed by atoms with van der Waals surface area (Å²) in [5, 5.41) is 9.50. The molecule has 0 saturated heterocycles. The highest BCUT2D eigenvalue weighted by atomic mass is 15.2. The van der Waals surface area contributed by atoms with Gasteiger partial charge in [-0.2, -0.15) is 5.26 Å². The maximum Gasteiger partial charge on any atom is 0.0672 e. The van der Waals surface area contributed by atoms with Crippen LogP contribution >= 0.6 is 0 Å². The quantitative estimate of drug-likeness (QED) is 0.665. The molecule has 0 aromatic heterocycles. The zero-order valence-corrected chi connectivity index (χ0v) is 14.3. The van der Waals surface area contributed by atoms with Crippen LogP contribution in [0.2, 0.25) is 0 Å². The van der Waals surface area contributed by atoms with Crippen molar-refractivity contribution in [3.05, 3.63) is 0 Å². The Morgan fingerprint density at radius 1 is 1.20 bits per heavy atom. The Morgan fingerprint density at radius 2 is 1.90 bits per heavy atom. The van der Waals surface area contributed by atoms with Gasteiger partial charge in [0.1, 0.15) is 0 Å². The van der Waals surface area contributed by atoms with Gasteiger partial charge in [0.2, 0.25) is 0 Å². The fraction of sp³-hybridized carbons (Fsp3) is 0.944. The van der Waals surface area contributed by atoms with Crippen LogP contribution in [0.4, 0.5) is 0 Å². The van der Waals surface area contributed by atoms with Crippen molar-refractivity contribution in [3.8, 4) is 6.07 Å². The van der Waals surface area contributed by atoms with Crippen molar-refractivity contribution in [2.45, 2.75) is 79.2 Å². The third-order valence-electron chi connectivity index (χ3n) is 5.67. The average Bonchev–Trinajstić information content (AvgIpc) is 2.47. The molecule has 0 aromatic carbocycles. The van der Waals surface area contributed by atoms with Crippen LogP contribution in [-0.4, -0.2) is 24.0 Å². The number of nitriles is 1. The maximum absolute atomic E-state index is 9.50. The number of hydrogen-bond acceptors (Lipinski definition) is 2. The Balaban J connectivity index is 2.79. The predicted octanol–water partition coefficient (Wildman–Crippen LogP) is 4.85. The molecule has 2 heteroatoms. The van der Waals surface area contributed by atoms with Gasteiger partial charge in [-0.3, -0.25) is 4.90 Å². The molecule has 0 amide bonds. The van der Waals surface area contributed by atoms with E-state index in [-0.39, 0.29) is 5.92 Å². The Labute approximate surface area is 126 Å². The van der Waals surface area contributed by atoms with Gasteiger partial charge in [0.05, 0.1) is 12.0 Å². The highest BCUT2D eigenvalue weighted by molar-refractivity contribution is 4.99. The molecule has 0 aromatic rings. The zero-order valence-electron chi connectivity index (χ0n) is 14.3. The first-order chi connectivity index (χ1) is 9.50. The van der Waals surface area contributed by atoms with Gasteiger partial charge in [-0.1, -0.05) is 47.5 Å². The van der Waals surface area contributed by atoms with E-state index in [4.69, 9.17) is 0 Å². The molecular weight excluding hydrogens is 244 g/mol. The van der Waals surface area contributed by atoms with Crippen molar-refractivity contribution >= 4 is 0 Å². The normalized spacial score (nSPS) is 27.6. The first-order valence-corrected chi connectivity index (χ1v) is 8.63. The zero-order chi connectivity index (χ0) is 15.2. The molecule has 1 saturated carbocycles. The maximum atomic E-state index is 9.50. The Morgan fingerprint density at radius 3 is 2.40 bits per heavy atom. The summed E-state index contributed by atoms with van der Waals surface area (Å²) in [6.07, 6.45) is 7.28. The third-order valence-corrected chi connectivity index (χ3v) is 5.67. The second-order valence-electron chi connectivity index (χ2n) is 7.14. The van der Waals surface area contributed by atoms with E-state index >= 15 is 0 Å². The van der Waals surface area contributed by atoms with Crippen molar-refractivity contribution in [3.63, 3.8) is 0 Å². The van der Waals surface area contributed by atoms with Crippen molar-refractivity contribution in [2.75, 3.05) is 13.1 Å². The molecule has 0 heterocycles. The summed E-state index contributed by atoms with van der Waals surface area (Å²) in [5.74, 6) is 1.02. The lowest BCUT2D eigenvalue weighted by molar-refractivity contribution is 0.0534. The number of nitrogens with zero attached hydrogens (tertiary/aromatic N) is 2. The van der Waals surface area contributed by atoms with Crippen LogP contribution in [0.25, 0.3) is 0 Å². The minimum atomic E-state index is 0.246. The van der Waals surface area contributed by atoms with E-state index in [0.29, 0.717) is 11.5 Å². The SMILES string of the molecule is CCCCN(CC)C1CC(C(C)(C)CC)CCC1C#N. The van der Waals surface area contributed by atoms with E-state index in [1.54, 1.807) is 0 Å². The van der Waals surface area contributed by atoms with Gasteiger partial charge in [-0.05, 0) is 50.1 Å². The summed E-state index contributed by atoms with van der Waals surface area (Å²) in [6.45, 7) is 13.9. The van der Waals surface area contributed by atoms with Crippen molar-refractivity contribution in [1.29, 1.82) is 5.26 Å². The van der Waals surface area contributed by atoms with Gasteiger partial charge in [0.15, 0.2) is 0 Å². The lowest BCUT2D eigenvalue weighted by atomic mass is 9.66. The molecule has 2 nitrogen and oxygen atoms in total. The predicted molar refractivity (Wildman–Crippen MR) is 86.5 cm³/mol. The minimum Gasteiger partial charge on any atom is -0.299 e. The molecule has 0 radical (unpaired) electrons. The number of hydrogen-bond donors (Lipinski definition) is 0. The van der Waals surface area contributed by atoms with Gasteiger partial charge in [-0.25, -0.2) is 0 Å². The molecule has 0 aliphatic heterocycles. The van der Waals surface area contributed by atoms with E-state index in [1.165, 1.54) is 32.1 Å². The first kappa shape index (κ1) is 17.5. The van der Waals surface area contributed by atoms with E-state index in [1.807, 2.05) is 0 Å². The summed E-state index contributed by atoms with van der Waals surface area (Å²) in [5.41, 5.74) is 0.419. The first-order valence-electron chi connectivity index (χ1n) is 8.63. The van der Waals surface area contributed by atoms with Gasteiger partial charge in [0, 0.05) is 6.04 Å². The summed E-state index contributed by atoms with van der Waals surface area (Å²) in [7, 11) is 0.